The predicted octanol–water partition coefficient (Wildman–Crippen LogP) is 2.47. The Morgan fingerprint density at radius 1 is 1.14 bits per heavy atom. The molecule has 6 aliphatic rings. The average Bonchev–Trinajstić information content (AvgIpc) is 3.58. The molecule has 35 heavy (non-hydrogen) atoms. The van der Waals surface area contributed by atoms with Crippen LogP contribution in [0.25, 0.3) is 0 Å². The van der Waals surface area contributed by atoms with Crippen molar-refractivity contribution in [2.24, 2.45) is 34.5 Å². The van der Waals surface area contributed by atoms with Gasteiger partial charge in [-0.25, -0.2) is 4.79 Å². The van der Waals surface area contributed by atoms with Gasteiger partial charge in [0.15, 0.2) is 5.78 Å². The van der Waals surface area contributed by atoms with Crippen molar-refractivity contribution in [2.75, 3.05) is 0 Å². The smallest absolute Gasteiger partial charge is 0.333 e. The highest BCUT2D eigenvalue weighted by atomic mass is 16.6. The first-order valence-electron chi connectivity index (χ1n) is 13.2. The second-order valence-corrected chi connectivity index (χ2v) is 12.8. The normalized spacial score (nSPS) is 55.5. The Morgan fingerprint density at radius 2 is 1.86 bits per heavy atom. The number of fused-ring (bicyclic) bond motifs is 8. The van der Waals surface area contributed by atoms with Gasteiger partial charge >= 0.3 is 5.97 Å². The van der Waals surface area contributed by atoms with Gasteiger partial charge in [-0.2, -0.15) is 0 Å². The number of hydrogen-bond acceptors (Lipinski definition) is 7. The standard InChI is InChI=1S/C28H38O7/c1-13-11-18(34-24(31)14(13)2)15(3)28(33)20(30)12-17-21-16(8-10-25(17,28)4)26(5)19(29)7-6-9-27(26,32)23-22(21)35-23/h6-7,15-18,20-23,30,32-33H,8-12H2,1-5H3/t15-,16+,17+,18-,20-,21-,22+,23+,25+,26+,27+,28-/m1/s1. The van der Waals surface area contributed by atoms with E-state index in [0.717, 1.165) is 5.57 Å². The molecule has 192 valence electrons. The number of carbonyl (C=O) groups excluding carboxylic acids is 2. The van der Waals surface area contributed by atoms with Crippen LogP contribution in [-0.2, 0) is 19.1 Å². The summed E-state index contributed by atoms with van der Waals surface area (Å²) in [6.45, 7) is 9.53. The van der Waals surface area contributed by atoms with E-state index in [2.05, 4.69) is 6.92 Å². The lowest BCUT2D eigenvalue weighted by molar-refractivity contribution is -0.216. The maximum atomic E-state index is 13.3. The summed E-state index contributed by atoms with van der Waals surface area (Å²) in [4.78, 5) is 25.7. The molecular weight excluding hydrogens is 448 g/mol. The number of rotatable bonds is 2. The van der Waals surface area contributed by atoms with Crippen LogP contribution in [0.4, 0.5) is 0 Å². The predicted molar refractivity (Wildman–Crippen MR) is 126 cm³/mol. The SMILES string of the molecule is CC1=C(C)C(=O)O[C@@H]([C@@H](C)[C@@]2(O)[C@H](O)C[C@H]3[C@@H]4[C@@H]5O[C@@H]5[C@@]5(O)CC=CC(=O)[C@]5(C)[C@H]4CC[C@@]32C)C1. The molecule has 2 aliphatic heterocycles. The van der Waals surface area contributed by atoms with Gasteiger partial charge < -0.3 is 24.8 Å². The molecule has 3 N–H and O–H groups in total. The van der Waals surface area contributed by atoms with Gasteiger partial charge in [0.1, 0.15) is 23.4 Å². The fourth-order valence-electron chi connectivity index (χ4n) is 9.33. The maximum absolute atomic E-state index is 13.3. The zero-order valence-electron chi connectivity index (χ0n) is 21.3. The van der Waals surface area contributed by atoms with E-state index in [0.29, 0.717) is 37.7 Å². The Bertz CT molecular complexity index is 1060. The zero-order valence-corrected chi connectivity index (χ0v) is 21.3. The number of cyclic esters (lactones) is 1. The summed E-state index contributed by atoms with van der Waals surface area (Å²) in [5.41, 5.74) is -2.67. The average molecular weight is 487 g/mol. The van der Waals surface area contributed by atoms with E-state index in [9.17, 15) is 24.9 Å². The van der Waals surface area contributed by atoms with Gasteiger partial charge in [0.05, 0.1) is 17.6 Å². The lowest BCUT2D eigenvalue weighted by Crippen LogP contribution is -2.68. The zero-order chi connectivity index (χ0) is 25.3. The number of epoxide rings is 1. The van der Waals surface area contributed by atoms with Crippen LogP contribution >= 0.6 is 0 Å². The van der Waals surface area contributed by atoms with Crippen molar-refractivity contribution >= 4 is 11.8 Å². The van der Waals surface area contributed by atoms with E-state index >= 15 is 0 Å². The van der Waals surface area contributed by atoms with Gasteiger partial charge in [0.2, 0.25) is 0 Å². The van der Waals surface area contributed by atoms with E-state index < -0.39 is 46.3 Å². The molecule has 2 heterocycles. The van der Waals surface area contributed by atoms with Crippen molar-refractivity contribution in [1.29, 1.82) is 0 Å². The number of allylic oxidation sites excluding steroid dienone is 1. The number of ether oxygens (including phenoxy) is 2. The number of aliphatic hydroxyl groups is 3. The molecule has 0 aromatic rings. The Morgan fingerprint density at radius 3 is 2.54 bits per heavy atom. The largest absolute Gasteiger partial charge is 0.458 e. The summed E-state index contributed by atoms with van der Waals surface area (Å²) in [6, 6.07) is 0. The van der Waals surface area contributed by atoms with Gasteiger partial charge in [0.25, 0.3) is 0 Å². The van der Waals surface area contributed by atoms with E-state index in [1.807, 2.05) is 20.8 Å². The molecule has 7 heteroatoms. The number of aliphatic hydroxyl groups excluding tert-OH is 1. The summed E-state index contributed by atoms with van der Waals surface area (Å²) >= 11 is 0. The van der Waals surface area contributed by atoms with Crippen molar-refractivity contribution in [3.8, 4) is 0 Å². The molecule has 0 bridgehead atoms. The van der Waals surface area contributed by atoms with E-state index in [4.69, 9.17) is 9.47 Å². The van der Waals surface area contributed by atoms with Gasteiger partial charge in [-0.1, -0.05) is 25.5 Å². The molecule has 0 aromatic carbocycles. The third kappa shape index (κ3) is 2.61. The highest BCUT2D eigenvalue weighted by molar-refractivity contribution is 5.97. The molecular formula is C28H38O7. The molecule has 0 radical (unpaired) electrons. The first kappa shape index (κ1) is 23.8. The van der Waals surface area contributed by atoms with Crippen molar-refractivity contribution in [3.63, 3.8) is 0 Å². The van der Waals surface area contributed by atoms with Crippen LogP contribution in [0.5, 0.6) is 0 Å². The van der Waals surface area contributed by atoms with Gasteiger partial charge in [-0.05, 0) is 70.3 Å². The number of ketones is 1. The van der Waals surface area contributed by atoms with Crippen LogP contribution < -0.4 is 0 Å². The highest BCUT2D eigenvalue weighted by Gasteiger charge is 2.79. The topological polar surface area (TPSA) is 117 Å². The summed E-state index contributed by atoms with van der Waals surface area (Å²) < 4.78 is 11.9. The van der Waals surface area contributed by atoms with Crippen LogP contribution in [0, 0.1) is 34.5 Å². The second kappa shape index (κ2) is 7.06. The van der Waals surface area contributed by atoms with Crippen molar-refractivity contribution in [1.82, 2.24) is 0 Å². The maximum Gasteiger partial charge on any atom is 0.333 e. The molecule has 0 aromatic heterocycles. The Hall–Kier alpha value is -1.54. The molecule has 12 atom stereocenters. The van der Waals surface area contributed by atoms with Crippen molar-refractivity contribution < 1.29 is 34.4 Å². The minimum Gasteiger partial charge on any atom is -0.458 e. The fourth-order valence-corrected chi connectivity index (χ4v) is 9.33. The van der Waals surface area contributed by atoms with Crippen LogP contribution in [0.3, 0.4) is 0 Å². The van der Waals surface area contributed by atoms with Crippen molar-refractivity contribution in [3.05, 3.63) is 23.3 Å². The lowest BCUT2D eigenvalue weighted by atomic mass is 9.43. The van der Waals surface area contributed by atoms with Crippen molar-refractivity contribution in [2.45, 2.75) is 102 Å². The minimum absolute atomic E-state index is 0.0341. The van der Waals surface area contributed by atoms with Crippen LogP contribution in [0.2, 0.25) is 0 Å². The fraction of sp³-hybridized carbons (Fsp3) is 0.786. The number of esters is 1. The third-order valence-corrected chi connectivity index (χ3v) is 11.8. The molecule has 3 saturated carbocycles. The highest BCUT2D eigenvalue weighted by Crippen LogP contribution is 2.72. The van der Waals surface area contributed by atoms with E-state index in [-0.39, 0.29) is 35.6 Å². The number of carbonyl (C=O) groups is 2. The Balaban J connectivity index is 1.37. The molecule has 0 amide bonds. The molecule has 0 unspecified atom stereocenters. The molecule has 4 fully saturated rings. The summed E-state index contributed by atoms with van der Waals surface area (Å²) in [7, 11) is 0. The first-order valence-corrected chi connectivity index (χ1v) is 13.2. The van der Waals surface area contributed by atoms with Gasteiger partial charge in [-0.3, -0.25) is 4.79 Å². The molecule has 1 saturated heterocycles. The van der Waals surface area contributed by atoms with Crippen LogP contribution in [-0.4, -0.2) is 62.7 Å². The van der Waals surface area contributed by atoms with Gasteiger partial charge in [0, 0.05) is 23.3 Å². The van der Waals surface area contributed by atoms with E-state index in [1.165, 1.54) is 0 Å². The van der Waals surface area contributed by atoms with Crippen LogP contribution in [0.15, 0.2) is 23.3 Å². The lowest BCUT2D eigenvalue weighted by Gasteiger charge is -2.61. The number of hydrogen-bond donors (Lipinski definition) is 3. The van der Waals surface area contributed by atoms with Gasteiger partial charge in [-0.15, -0.1) is 0 Å². The second-order valence-electron chi connectivity index (χ2n) is 12.8. The third-order valence-electron chi connectivity index (χ3n) is 11.8. The molecule has 6 rings (SSSR count). The first-order chi connectivity index (χ1) is 16.3. The minimum atomic E-state index is -1.45. The Labute approximate surface area is 206 Å². The van der Waals surface area contributed by atoms with Crippen LogP contribution in [0.1, 0.15) is 66.7 Å². The molecule has 7 nitrogen and oxygen atoms in total. The van der Waals surface area contributed by atoms with E-state index in [1.54, 1.807) is 19.1 Å². The summed E-state index contributed by atoms with van der Waals surface area (Å²) in [5.74, 6) is -1.07. The quantitative estimate of drug-likeness (QED) is 0.406. The molecule has 4 aliphatic carbocycles. The molecule has 0 spiro atoms. The summed E-state index contributed by atoms with van der Waals surface area (Å²) in [6.07, 6.45) is 3.93. The monoisotopic (exact) mass is 486 g/mol. The Kier molecular flexibility index (Phi) is 4.81. The summed E-state index contributed by atoms with van der Waals surface area (Å²) in [5, 5.41) is 35.5.